The number of methoxy groups -OCH3 is 1. The van der Waals surface area contributed by atoms with Crippen LogP contribution in [0.15, 0.2) is 71.6 Å². The number of nitrogens with zero attached hydrogens (tertiary/aromatic N) is 2. The van der Waals surface area contributed by atoms with E-state index in [1.807, 2.05) is 24.3 Å². The van der Waals surface area contributed by atoms with Crippen LogP contribution in [0.3, 0.4) is 0 Å². The van der Waals surface area contributed by atoms with Crippen molar-refractivity contribution in [2.75, 3.05) is 44.8 Å². The number of amides is 1. The molecule has 0 saturated carbocycles. The predicted octanol–water partition coefficient (Wildman–Crippen LogP) is 5.74. The van der Waals surface area contributed by atoms with Crippen molar-refractivity contribution in [3.8, 4) is 5.75 Å². The molecule has 0 aromatic heterocycles. The Morgan fingerprint density at radius 3 is 2.33 bits per heavy atom. The molecule has 1 aliphatic heterocycles. The standard InChI is InChI=1S/C28H29ClF2N2O5S/c1-19(18-38-28(34)33-15-13-32(14-16-33)25-5-3-4-6-26(25)37-2)27(23-17-21(30)9-12-24(23)31)39(35,36)22-10-7-20(29)8-11-22/h3-12,17,19,27H,13-16,18H2,1-2H3/t19-,27+/m1/s1. The largest absolute Gasteiger partial charge is 0.495 e. The summed E-state index contributed by atoms with van der Waals surface area (Å²) < 4.78 is 67.1. The lowest BCUT2D eigenvalue weighted by molar-refractivity contribution is 0.0869. The zero-order chi connectivity index (χ0) is 28.2. The van der Waals surface area contributed by atoms with Crippen LogP contribution in [0.1, 0.15) is 17.7 Å². The maximum absolute atomic E-state index is 14.8. The van der Waals surface area contributed by atoms with E-state index in [1.165, 1.54) is 36.1 Å². The molecule has 208 valence electrons. The highest BCUT2D eigenvalue weighted by atomic mass is 35.5. The summed E-state index contributed by atoms with van der Waals surface area (Å²) in [4.78, 5) is 16.4. The van der Waals surface area contributed by atoms with Gasteiger partial charge in [0, 0.05) is 42.7 Å². The number of benzene rings is 3. The number of halogens is 3. The van der Waals surface area contributed by atoms with E-state index in [0.29, 0.717) is 31.2 Å². The molecule has 3 aromatic carbocycles. The fraction of sp³-hybridized carbons (Fsp3) is 0.321. The Bertz CT molecular complexity index is 1410. The predicted molar refractivity (Wildman–Crippen MR) is 145 cm³/mol. The molecular formula is C28H29ClF2N2O5S. The first-order valence-corrected chi connectivity index (χ1v) is 14.3. The lowest BCUT2D eigenvalue weighted by atomic mass is 10.0. The highest BCUT2D eigenvalue weighted by Gasteiger charge is 2.37. The van der Waals surface area contributed by atoms with Gasteiger partial charge in [-0.05, 0) is 54.6 Å². The number of para-hydroxylation sites is 2. The monoisotopic (exact) mass is 578 g/mol. The van der Waals surface area contributed by atoms with Crippen molar-refractivity contribution < 1.29 is 31.5 Å². The molecule has 0 aliphatic carbocycles. The lowest BCUT2D eigenvalue weighted by Gasteiger charge is -2.36. The van der Waals surface area contributed by atoms with Crippen LogP contribution in [0.5, 0.6) is 5.75 Å². The molecule has 39 heavy (non-hydrogen) atoms. The van der Waals surface area contributed by atoms with Crippen molar-refractivity contribution in [3.05, 3.63) is 89.0 Å². The second kappa shape index (κ2) is 12.2. The van der Waals surface area contributed by atoms with Crippen molar-refractivity contribution in [2.45, 2.75) is 17.1 Å². The van der Waals surface area contributed by atoms with Gasteiger partial charge in [-0.2, -0.15) is 0 Å². The number of hydrogen-bond acceptors (Lipinski definition) is 6. The first kappa shape index (κ1) is 28.6. The number of sulfone groups is 1. The smallest absolute Gasteiger partial charge is 0.409 e. The summed E-state index contributed by atoms with van der Waals surface area (Å²) >= 11 is 5.91. The van der Waals surface area contributed by atoms with Gasteiger partial charge in [0.15, 0.2) is 9.84 Å². The molecule has 1 fully saturated rings. The normalized spacial score (nSPS) is 15.5. The van der Waals surface area contributed by atoms with Gasteiger partial charge in [0.05, 0.1) is 29.5 Å². The molecule has 0 radical (unpaired) electrons. The summed E-state index contributed by atoms with van der Waals surface area (Å²) in [6.07, 6.45) is -0.608. The number of ether oxygens (including phenoxy) is 2. The van der Waals surface area contributed by atoms with Gasteiger partial charge < -0.3 is 19.3 Å². The van der Waals surface area contributed by atoms with E-state index < -0.39 is 38.7 Å². The second-order valence-corrected chi connectivity index (χ2v) is 11.8. The molecule has 1 saturated heterocycles. The summed E-state index contributed by atoms with van der Waals surface area (Å²) in [5.41, 5.74) is 0.591. The third-order valence-corrected chi connectivity index (χ3v) is 9.26. The van der Waals surface area contributed by atoms with Crippen molar-refractivity contribution in [1.82, 2.24) is 4.90 Å². The van der Waals surface area contributed by atoms with E-state index in [0.717, 1.165) is 29.6 Å². The molecule has 1 aliphatic rings. The van der Waals surface area contributed by atoms with Gasteiger partial charge in [-0.25, -0.2) is 22.0 Å². The first-order chi connectivity index (χ1) is 18.6. The minimum Gasteiger partial charge on any atom is -0.495 e. The third-order valence-electron chi connectivity index (χ3n) is 6.69. The molecular weight excluding hydrogens is 550 g/mol. The molecule has 0 bridgehead atoms. The lowest BCUT2D eigenvalue weighted by Crippen LogP contribution is -2.49. The molecule has 7 nitrogen and oxygen atoms in total. The van der Waals surface area contributed by atoms with Crippen LogP contribution < -0.4 is 9.64 Å². The molecule has 0 N–H and O–H groups in total. The van der Waals surface area contributed by atoms with E-state index in [1.54, 1.807) is 7.11 Å². The summed E-state index contributed by atoms with van der Waals surface area (Å²) in [6.45, 7) is 3.07. The first-order valence-electron chi connectivity index (χ1n) is 12.4. The highest BCUT2D eigenvalue weighted by Crippen LogP contribution is 2.37. The summed E-state index contributed by atoms with van der Waals surface area (Å²) in [5, 5.41) is -1.18. The SMILES string of the molecule is COc1ccccc1N1CCN(C(=O)OC[C@@H](C)[C@@H](c2cc(F)ccc2F)S(=O)(=O)c2ccc(Cl)cc2)CC1. The highest BCUT2D eigenvalue weighted by molar-refractivity contribution is 7.91. The third kappa shape index (κ3) is 6.45. The molecule has 1 amide bonds. The fourth-order valence-electron chi connectivity index (χ4n) is 4.69. The number of carbonyl (C=O) groups is 1. The molecule has 2 atom stereocenters. The second-order valence-electron chi connectivity index (χ2n) is 9.29. The topological polar surface area (TPSA) is 76.2 Å². The van der Waals surface area contributed by atoms with Gasteiger partial charge in [-0.1, -0.05) is 30.7 Å². The minimum atomic E-state index is -4.22. The number of rotatable bonds is 8. The van der Waals surface area contributed by atoms with Crippen LogP contribution in [0.2, 0.25) is 5.02 Å². The Kier molecular flexibility index (Phi) is 8.97. The Morgan fingerprint density at radius 2 is 1.67 bits per heavy atom. The van der Waals surface area contributed by atoms with Crippen LogP contribution in [-0.2, 0) is 14.6 Å². The molecule has 0 spiro atoms. The van der Waals surface area contributed by atoms with Gasteiger partial charge in [-0.3, -0.25) is 0 Å². The van der Waals surface area contributed by atoms with Crippen LogP contribution in [0.25, 0.3) is 0 Å². The summed E-state index contributed by atoms with van der Waals surface area (Å²) in [6, 6.07) is 15.7. The molecule has 3 aromatic rings. The van der Waals surface area contributed by atoms with E-state index >= 15 is 0 Å². The van der Waals surface area contributed by atoms with E-state index in [4.69, 9.17) is 21.1 Å². The Morgan fingerprint density at radius 1 is 1.00 bits per heavy atom. The maximum atomic E-state index is 14.8. The summed E-state index contributed by atoms with van der Waals surface area (Å²) in [7, 11) is -2.61. The van der Waals surface area contributed by atoms with Crippen LogP contribution in [-0.4, -0.2) is 59.3 Å². The fourth-order valence-corrected chi connectivity index (χ4v) is 6.83. The zero-order valence-corrected chi connectivity index (χ0v) is 23.1. The van der Waals surface area contributed by atoms with Crippen molar-refractivity contribution >= 4 is 33.2 Å². The summed E-state index contributed by atoms with van der Waals surface area (Å²) in [5.74, 6) is -1.81. The van der Waals surface area contributed by atoms with Crippen molar-refractivity contribution in [2.24, 2.45) is 5.92 Å². The van der Waals surface area contributed by atoms with Gasteiger partial charge >= 0.3 is 6.09 Å². The maximum Gasteiger partial charge on any atom is 0.409 e. The molecule has 4 rings (SSSR count). The van der Waals surface area contributed by atoms with Gasteiger partial charge in [0.1, 0.15) is 17.4 Å². The average Bonchev–Trinajstić information content (AvgIpc) is 2.94. The Balaban J connectivity index is 1.47. The Hall–Kier alpha value is -3.37. The van der Waals surface area contributed by atoms with Gasteiger partial charge in [0.2, 0.25) is 0 Å². The van der Waals surface area contributed by atoms with E-state index in [-0.39, 0.29) is 17.1 Å². The van der Waals surface area contributed by atoms with Crippen LogP contribution in [0, 0.1) is 17.6 Å². The molecule has 0 unspecified atom stereocenters. The van der Waals surface area contributed by atoms with Crippen molar-refractivity contribution in [3.63, 3.8) is 0 Å². The number of hydrogen-bond donors (Lipinski definition) is 0. The van der Waals surface area contributed by atoms with E-state index in [9.17, 15) is 22.0 Å². The Labute approximate surface area is 231 Å². The quantitative estimate of drug-likeness (QED) is 0.339. The molecule has 1 heterocycles. The van der Waals surface area contributed by atoms with E-state index in [2.05, 4.69) is 4.90 Å². The van der Waals surface area contributed by atoms with Crippen LogP contribution >= 0.6 is 11.6 Å². The minimum absolute atomic E-state index is 0.105. The zero-order valence-electron chi connectivity index (χ0n) is 21.5. The van der Waals surface area contributed by atoms with Gasteiger partial charge in [-0.15, -0.1) is 0 Å². The number of piperazine rings is 1. The average molecular weight is 579 g/mol. The van der Waals surface area contributed by atoms with Gasteiger partial charge in [0.25, 0.3) is 0 Å². The van der Waals surface area contributed by atoms with Crippen LogP contribution in [0.4, 0.5) is 19.3 Å². The molecule has 11 heteroatoms. The van der Waals surface area contributed by atoms with Crippen molar-refractivity contribution in [1.29, 1.82) is 0 Å². The number of anilines is 1. The number of carbonyl (C=O) groups excluding carboxylic acids is 1.